The van der Waals surface area contributed by atoms with Gasteiger partial charge in [0.05, 0.1) is 51.6 Å². The van der Waals surface area contributed by atoms with Crippen molar-refractivity contribution >= 4 is 47.4 Å². The van der Waals surface area contributed by atoms with E-state index in [9.17, 15) is 19.5 Å². The first kappa shape index (κ1) is 52.8. The van der Waals surface area contributed by atoms with E-state index in [1.165, 1.54) is 13.2 Å². The maximum absolute atomic E-state index is 16.9. The quantitative estimate of drug-likeness (QED) is 0.0670. The van der Waals surface area contributed by atoms with E-state index in [4.69, 9.17) is 23.7 Å². The number of cyclic esters (lactones) is 1. The van der Waals surface area contributed by atoms with Crippen molar-refractivity contribution in [2.24, 2.45) is 17.8 Å². The minimum absolute atomic E-state index is 0.0423. The Labute approximate surface area is 430 Å². The molecule has 0 bridgehead atoms. The fourth-order valence-electron chi connectivity index (χ4n) is 11.2. The molecule has 4 heterocycles. The van der Waals surface area contributed by atoms with Crippen LogP contribution in [-0.2, 0) is 53.1 Å². The van der Waals surface area contributed by atoms with Crippen molar-refractivity contribution in [2.45, 2.75) is 88.1 Å². The highest BCUT2D eigenvalue weighted by molar-refractivity contribution is 6.25. The zero-order valence-corrected chi connectivity index (χ0v) is 42.2. The number of carbonyl (C=O) groups excluding carboxylic acids is 7. The van der Waals surface area contributed by atoms with Crippen molar-refractivity contribution in [2.75, 3.05) is 52.5 Å². The lowest BCUT2D eigenvalue weighted by molar-refractivity contribution is -0.179. The lowest BCUT2D eigenvalue weighted by Gasteiger charge is -2.46. The molecule has 17 heteroatoms. The summed E-state index contributed by atoms with van der Waals surface area (Å²) in [7, 11) is 3.48. The molecule has 4 aromatic carbocycles. The maximum atomic E-state index is 16.9. The number of aliphatic hydroxyl groups is 1. The van der Waals surface area contributed by atoms with E-state index in [1.807, 2.05) is 65.6 Å². The number of nitrogens with zero attached hydrogens (tertiary/aromatic N) is 3. The summed E-state index contributed by atoms with van der Waals surface area (Å²) in [5.41, 5.74) is -0.0559. The molecular formula is C57H62N4O13. The first-order valence-corrected chi connectivity index (χ1v) is 25.0. The highest BCUT2D eigenvalue weighted by Gasteiger charge is 2.76. The predicted molar refractivity (Wildman–Crippen MR) is 269 cm³/mol. The fraction of sp³-hybridized carbons (Fsp3) is 0.421. The number of morpholine rings is 1. The molecule has 4 aliphatic heterocycles. The van der Waals surface area contributed by atoms with Gasteiger partial charge in [0.25, 0.3) is 0 Å². The first-order chi connectivity index (χ1) is 35.8. The Morgan fingerprint density at radius 2 is 1.38 bits per heavy atom. The normalized spacial score (nSPS) is 22.8. The molecule has 0 radical (unpaired) electrons. The van der Waals surface area contributed by atoms with Crippen molar-refractivity contribution in [1.82, 2.24) is 15.1 Å². The van der Waals surface area contributed by atoms with E-state index in [0.717, 1.165) is 38.4 Å². The number of carbonyl (C=O) groups is 7. The van der Waals surface area contributed by atoms with Crippen LogP contribution in [0.5, 0.6) is 5.75 Å². The number of methoxy groups -OCH3 is 3. The third-order valence-corrected chi connectivity index (χ3v) is 14.6. The molecule has 4 amide bonds. The number of ether oxygens (including phenoxy) is 5. The SMILES string of the molecule is COC(=O)C(CC#Cc1ccc2c(c1)C1(C(=O)N2C(=O)NC(C(=O)OC)C(C)C)C(C(=O)N2CCCCCCC2)C2C(=O)OC(c3ccccc3)C(c3ccccc3)N2C1c1ccccc1OCCO)C(=O)OC. The summed E-state index contributed by atoms with van der Waals surface area (Å²) < 4.78 is 27.8. The Balaban J connectivity index is 1.48. The third-order valence-electron chi connectivity index (χ3n) is 14.6. The molecule has 17 nitrogen and oxygen atoms in total. The monoisotopic (exact) mass is 1010 g/mol. The number of benzene rings is 4. The summed E-state index contributed by atoms with van der Waals surface area (Å²) >= 11 is 0. The van der Waals surface area contributed by atoms with Crippen LogP contribution in [0.3, 0.4) is 0 Å². The molecule has 3 saturated heterocycles. The number of imide groups is 1. The number of anilines is 1. The number of hydrogen-bond acceptors (Lipinski definition) is 14. The van der Waals surface area contributed by atoms with Gasteiger partial charge in [0.1, 0.15) is 36.0 Å². The standard InChI is InChI=1S/C57H62N4O13/c1-35(2)45(53(66)72-5)58-56(69)60-42-29-28-36(20-19-26-40(51(64)70-3)52(65)71-4)34-41(42)57(55(60)68)44(50(63)59-30-17-7-6-8-18-31-59)47-54(67)74-48(38-23-13-10-14-24-38)46(37-21-11-9-12-22-37)61(47)49(57)39-25-15-16-27-43(39)73-33-32-62/h9-16,21-25,27-29,34-35,40,44-49,62H,6-8,17-18,26,30-33H2,1-5H3,(H,58,69). The summed E-state index contributed by atoms with van der Waals surface area (Å²) in [6.45, 7) is 3.55. The number of hydrogen-bond donors (Lipinski definition) is 2. The maximum Gasteiger partial charge on any atom is 0.329 e. The molecule has 0 aliphatic carbocycles. The minimum atomic E-state index is -2.20. The molecule has 0 aromatic heterocycles. The third kappa shape index (κ3) is 9.83. The van der Waals surface area contributed by atoms with Gasteiger partial charge in [-0.1, -0.05) is 124 Å². The number of rotatable bonds is 13. The predicted octanol–water partition coefficient (Wildman–Crippen LogP) is 6.13. The van der Waals surface area contributed by atoms with Gasteiger partial charge in [0.15, 0.2) is 5.92 Å². The molecule has 74 heavy (non-hydrogen) atoms. The molecule has 7 unspecified atom stereocenters. The van der Waals surface area contributed by atoms with Gasteiger partial charge in [-0.3, -0.25) is 28.9 Å². The number of fused-ring (bicyclic) bond motifs is 3. The molecule has 1 spiro atoms. The second-order valence-electron chi connectivity index (χ2n) is 19.1. The molecule has 4 aromatic rings. The zero-order valence-electron chi connectivity index (χ0n) is 42.2. The van der Waals surface area contributed by atoms with Crippen molar-refractivity contribution in [3.8, 4) is 17.6 Å². The molecule has 7 atom stereocenters. The Hall–Kier alpha value is -7.55. The zero-order chi connectivity index (χ0) is 52.7. The molecular weight excluding hydrogens is 949 g/mol. The summed E-state index contributed by atoms with van der Waals surface area (Å²) in [6, 6.07) is 24.3. The molecule has 0 saturated carbocycles. The Kier molecular flexibility index (Phi) is 16.5. The van der Waals surface area contributed by atoms with Crippen LogP contribution >= 0.6 is 0 Å². The smallest absolute Gasteiger partial charge is 0.329 e. The van der Waals surface area contributed by atoms with E-state index in [0.29, 0.717) is 42.6 Å². The Morgan fingerprint density at radius 1 is 0.770 bits per heavy atom. The van der Waals surface area contributed by atoms with Gasteiger partial charge in [-0.25, -0.2) is 14.5 Å². The minimum Gasteiger partial charge on any atom is -0.491 e. The van der Waals surface area contributed by atoms with E-state index >= 15 is 19.2 Å². The van der Waals surface area contributed by atoms with Gasteiger partial charge in [-0.15, -0.1) is 0 Å². The van der Waals surface area contributed by atoms with Gasteiger partial charge in [0.2, 0.25) is 11.8 Å². The lowest BCUT2D eigenvalue weighted by atomic mass is 9.64. The molecule has 2 N–H and O–H groups in total. The number of esters is 4. The van der Waals surface area contributed by atoms with Crippen molar-refractivity contribution in [1.29, 1.82) is 0 Å². The number of likely N-dealkylation sites (tertiary alicyclic amines) is 1. The summed E-state index contributed by atoms with van der Waals surface area (Å²) in [5.74, 6) is -1.93. The van der Waals surface area contributed by atoms with Crippen molar-refractivity contribution in [3.05, 3.63) is 131 Å². The van der Waals surface area contributed by atoms with Gasteiger partial charge in [0, 0.05) is 30.6 Å². The molecule has 388 valence electrons. The van der Waals surface area contributed by atoms with Gasteiger partial charge >= 0.3 is 29.9 Å². The van der Waals surface area contributed by atoms with Gasteiger partial charge < -0.3 is 39.0 Å². The largest absolute Gasteiger partial charge is 0.491 e. The Bertz CT molecular complexity index is 2790. The summed E-state index contributed by atoms with van der Waals surface area (Å²) in [4.78, 5) is 107. The van der Waals surface area contributed by atoms with Gasteiger partial charge in [-0.05, 0) is 59.7 Å². The number of nitrogens with one attached hydrogen (secondary N) is 1. The molecule has 3 fully saturated rings. The second kappa shape index (κ2) is 23.1. The highest BCUT2D eigenvalue weighted by Crippen LogP contribution is 2.67. The van der Waals surface area contributed by atoms with Crippen LogP contribution in [0.2, 0.25) is 0 Å². The molecule has 8 rings (SSSR count). The van der Waals surface area contributed by atoms with E-state index in [2.05, 4.69) is 17.2 Å². The van der Waals surface area contributed by atoms with Crippen LogP contribution in [-0.4, -0.2) is 116 Å². The average Bonchev–Trinajstić information content (AvgIpc) is 3.87. The van der Waals surface area contributed by atoms with E-state index < -0.39 is 95.2 Å². The van der Waals surface area contributed by atoms with Crippen molar-refractivity contribution < 1.29 is 62.4 Å². The topological polar surface area (TPSA) is 208 Å². The van der Waals surface area contributed by atoms with Crippen LogP contribution < -0.4 is 15.0 Å². The Morgan fingerprint density at radius 3 is 2.00 bits per heavy atom. The number of aliphatic hydroxyl groups excluding tert-OH is 1. The lowest BCUT2D eigenvalue weighted by Crippen LogP contribution is -2.58. The average molecular weight is 1010 g/mol. The number of urea groups is 1. The van der Waals surface area contributed by atoms with E-state index in [1.54, 1.807) is 55.1 Å². The summed E-state index contributed by atoms with van der Waals surface area (Å²) in [5, 5.41) is 12.9. The highest BCUT2D eigenvalue weighted by atomic mass is 16.6. The van der Waals surface area contributed by atoms with Crippen LogP contribution in [0.25, 0.3) is 0 Å². The fourth-order valence-corrected chi connectivity index (χ4v) is 11.2. The van der Waals surface area contributed by atoms with Crippen LogP contribution in [0, 0.1) is 29.6 Å². The number of para-hydroxylation sites is 1. The first-order valence-electron chi connectivity index (χ1n) is 25.0. The van der Waals surface area contributed by atoms with Crippen molar-refractivity contribution in [3.63, 3.8) is 0 Å². The van der Waals surface area contributed by atoms with E-state index in [-0.39, 0.29) is 42.2 Å². The second-order valence-corrected chi connectivity index (χ2v) is 19.1. The number of amides is 4. The van der Waals surface area contributed by atoms with Crippen LogP contribution in [0.15, 0.2) is 103 Å². The van der Waals surface area contributed by atoms with Crippen LogP contribution in [0.4, 0.5) is 10.5 Å². The molecule has 4 aliphatic rings. The van der Waals surface area contributed by atoms with Crippen LogP contribution in [0.1, 0.15) is 98.4 Å². The summed E-state index contributed by atoms with van der Waals surface area (Å²) in [6.07, 6.45) is 2.70. The van der Waals surface area contributed by atoms with Gasteiger partial charge in [-0.2, -0.15) is 0 Å².